The van der Waals surface area contributed by atoms with Crippen LogP contribution in [-0.4, -0.2) is 38.6 Å². The van der Waals surface area contributed by atoms with Crippen LogP contribution in [0.25, 0.3) is 0 Å². The minimum atomic E-state index is -4.25. The summed E-state index contributed by atoms with van der Waals surface area (Å²) < 4.78 is 38.2. The highest BCUT2D eigenvalue weighted by Gasteiger charge is 2.24. The molecule has 0 fully saturated rings. The summed E-state index contributed by atoms with van der Waals surface area (Å²) in [6.45, 7) is 2.30. The van der Waals surface area contributed by atoms with E-state index in [2.05, 4.69) is 6.92 Å². The molecule has 0 heterocycles. The zero-order valence-electron chi connectivity index (χ0n) is 19.7. The molecule has 2 rings (SSSR count). The van der Waals surface area contributed by atoms with Crippen molar-refractivity contribution in [1.82, 2.24) is 0 Å². The summed E-state index contributed by atoms with van der Waals surface area (Å²) in [4.78, 5) is 23.1. The van der Waals surface area contributed by atoms with Gasteiger partial charge in [0.1, 0.15) is 28.6 Å². The van der Waals surface area contributed by atoms with Crippen molar-refractivity contribution in [2.45, 2.75) is 45.4 Å². The molecule has 1 N–H and O–H groups in total. The molecule has 0 aliphatic rings. The summed E-state index contributed by atoms with van der Waals surface area (Å²) in [6, 6.07) is 9.05. The average Bonchev–Trinajstić information content (AvgIpc) is 2.82. The van der Waals surface area contributed by atoms with E-state index in [4.69, 9.17) is 23.3 Å². The van der Waals surface area contributed by atoms with Gasteiger partial charge in [0.15, 0.2) is 0 Å². The van der Waals surface area contributed by atoms with Crippen molar-refractivity contribution >= 4 is 13.6 Å². The van der Waals surface area contributed by atoms with Crippen LogP contribution in [0.4, 0.5) is 0 Å². The molecule has 2 aromatic rings. The summed E-state index contributed by atoms with van der Waals surface area (Å²) in [5.41, 5.74) is 0.564. The van der Waals surface area contributed by atoms with E-state index in [0.717, 1.165) is 19.3 Å². The van der Waals surface area contributed by atoms with E-state index < -0.39 is 7.82 Å². The van der Waals surface area contributed by atoms with Gasteiger partial charge in [0.05, 0.1) is 27.9 Å². The highest BCUT2D eigenvalue weighted by molar-refractivity contribution is 7.47. The van der Waals surface area contributed by atoms with Crippen LogP contribution in [0.15, 0.2) is 36.4 Å². The number of ether oxygens (including phenoxy) is 3. The Morgan fingerprint density at radius 2 is 1.42 bits per heavy atom. The number of benzene rings is 2. The van der Waals surface area contributed by atoms with Gasteiger partial charge in [-0.25, -0.2) is 4.57 Å². The van der Waals surface area contributed by atoms with E-state index in [1.54, 1.807) is 12.1 Å². The lowest BCUT2D eigenvalue weighted by Gasteiger charge is -2.15. The molecule has 1 atom stereocenters. The van der Waals surface area contributed by atoms with Crippen LogP contribution in [0, 0.1) is 0 Å². The minimum absolute atomic E-state index is 0.119. The number of ketones is 1. The van der Waals surface area contributed by atoms with E-state index in [0.29, 0.717) is 29.2 Å². The van der Waals surface area contributed by atoms with E-state index >= 15 is 0 Å². The minimum Gasteiger partial charge on any atom is -0.496 e. The molecule has 0 aliphatic carbocycles. The third-order valence-electron chi connectivity index (χ3n) is 5.03. The van der Waals surface area contributed by atoms with Crippen molar-refractivity contribution in [3.63, 3.8) is 0 Å². The Morgan fingerprint density at radius 3 is 1.97 bits per heavy atom. The first-order valence-electron chi connectivity index (χ1n) is 11.0. The highest BCUT2D eigenvalue weighted by atomic mass is 31.2. The van der Waals surface area contributed by atoms with Gasteiger partial charge in [-0.1, -0.05) is 39.0 Å². The SMILES string of the molecule is CCCCCCCCOP(=O)(O)Oc1ccc(C(=O)c2c(OC)cc(OC)cc2OC)cc1. The van der Waals surface area contributed by atoms with Gasteiger partial charge < -0.3 is 18.7 Å². The van der Waals surface area contributed by atoms with Gasteiger partial charge >= 0.3 is 7.82 Å². The van der Waals surface area contributed by atoms with E-state index in [-0.39, 0.29) is 23.7 Å². The molecule has 0 radical (unpaired) electrons. The number of phosphoric ester groups is 1. The van der Waals surface area contributed by atoms with Crippen molar-refractivity contribution in [3.8, 4) is 23.0 Å². The molecule has 0 bridgehead atoms. The lowest BCUT2D eigenvalue weighted by atomic mass is 10.0. The van der Waals surface area contributed by atoms with Crippen LogP contribution >= 0.6 is 7.82 Å². The van der Waals surface area contributed by atoms with E-state index in [9.17, 15) is 14.3 Å². The Morgan fingerprint density at radius 1 is 0.848 bits per heavy atom. The largest absolute Gasteiger partial charge is 0.527 e. The molecule has 9 heteroatoms. The summed E-state index contributed by atoms with van der Waals surface area (Å²) in [7, 11) is 0.160. The number of hydrogen-bond donors (Lipinski definition) is 1. The van der Waals surface area contributed by atoms with Crippen molar-refractivity contribution in [2.24, 2.45) is 0 Å². The van der Waals surface area contributed by atoms with Crippen LogP contribution in [0.5, 0.6) is 23.0 Å². The quantitative estimate of drug-likeness (QED) is 0.194. The molecule has 0 spiro atoms. The summed E-state index contributed by atoms with van der Waals surface area (Å²) in [5, 5.41) is 0. The smallest absolute Gasteiger partial charge is 0.496 e. The summed E-state index contributed by atoms with van der Waals surface area (Å²) >= 11 is 0. The third-order valence-corrected chi connectivity index (χ3v) is 5.98. The van der Waals surface area contributed by atoms with Crippen molar-refractivity contribution < 1.29 is 37.5 Å². The maximum absolute atomic E-state index is 13.1. The van der Waals surface area contributed by atoms with Gasteiger partial charge in [-0.15, -0.1) is 0 Å². The molecule has 8 nitrogen and oxygen atoms in total. The predicted octanol–water partition coefficient (Wildman–Crippen LogP) is 5.80. The van der Waals surface area contributed by atoms with Crippen LogP contribution < -0.4 is 18.7 Å². The predicted molar refractivity (Wildman–Crippen MR) is 126 cm³/mol. The summed E-state index contributed by atoms with van der Waals surface area (Å²) in [6.07, 6.45) is 6.22. The molecule has 0 saturated carbocycles. The van der Waals surface area contributed by atoms with Crippen LogP contribution in [-0.2, 0) is 9.09 Å². The molecule has 0 aromatic heterocycles. The van der Waals surface area contributed by atoms with E-state index in [1.807, 2.05) is 0 Å². The van der Waals surface area contributed by atoms with Crippen molar-refractivity contribution in [3.05, 3.63) is 47.5 Å². The molecule has 33 heavy (non-hydrogen) atoms. The summed E-state index contributed by atoms with van der Waals surface area (Å²) in [5.74, 6) is 0.876. The number of phosphoric acid groups is 1. The number of rotatable bonds is 15. The molecule has 1 unspecified atom stereocenters. The normalized spacial score (nSPS) is 12.6. The number of methoxy groups -OCH3 is 3. The molecule has 182 valence electrons. The van der Waals surface area contributed by atoms with Gasteiger partial charge in [0.2, 0.25) is 5.78 Å². The van der Waals surface area contributed by atoms with Crippen molar-refractivity contribution in [2.75, 3.05) is 27.9 Å². The van der Waals surface area contributed by atoms with Gasteiger partial charge in [0.25, 0.3) is 0 Å². The van der Waals surface area contributed by atoms with Gasteiger partial charge in [-0.3, -0.25) is 14.2 Å². The fourth-order valence-electron chi connectivity index (χ4n) is 3.26. The maximum atomic E-state index is 13.1. The zero-order valence-corrected chi connectivity index (χ0v) is 20.6. The Bertz CT molecular complexity index is 917. The van der Waals surface area contributed by atoms with Gasteiger partial charge in [-0.2, -0.15) is 0 Å². The van der Waals surface area contributed by atoms with Gasteiger partial charge in [0, 0.05) is 17.7 Å². The number of unbranched alkanes of at least 4 members (excludes halogenated alkanes) is 5. The fourth-order valence-corrected chi connectivity index (χ4v) is 4.06. The topological polar surface area (TPSA) is 101 Å². The number of carbonyl (C=O) groups excluding carboxylic acids is 1. The number of carbonyl (C=O) groups is 1. The second-order valence-electron chi connectivity index (χ2n) is 7.42. The molecule has 0 saturated heterocycles. The first-order chi connectivity index (χ1) is 15.8. The Balaban J connectivity index is 2.02. The van der Waals surface area contributed by atoms with Crippen LogP contribution in [0.3, 0.4) is 0 Å². The van der Waals surface area contributed by atoms with Crippen LogP contribution in [0.1, 0.15) is 61.4 Å². The molecule has 0 amide bonds. The Labute approximate surface area is 195 Å². The first-order valence-corrected chi connectivity index (χ1v) is 12.5. The lowest BCUT2D eigenvalue weighted by Crippen LogP contribution is -2.07. The second-order valence-corrected chi connectivity index (χ2v) is 8.80. The van der Waals surface area contributed by atoms with E-state index in [1.165, 1.54) is 58.4 Å². The average molecular weight is 480 g/mol. The Kier molecular flexibility index (Phi) is 10.7. The molecule has 0 aliphatic heterocycles. The highest BCUT2D eigenvalue weighted by Crippen LogP contribution is 2.44. The molecular weight excluding hydrogens is 447 g/mol. The van der Waals surface area contributed by atoms with Crippen molar-refractivity contribution in [1.29, 1.82) is 0 Å². The fraction of sp³-hybridized carbons (Fsp3) is 0.458. The first kappa shape index (κ1) is 26.7. The zero-order chi connectivity index (χ0) is 24.3. The van der Waals surface area contributed by atoms with Gasteiger partial charge in [-0.05, 0) is 30.7 Å². The molecular formula is C24H33O8P. The maximum Gasteiger partial charge on any atom is 0.527 e. The monoisotopic (exact) mass is 480 g/mol. The number of hydrogen-bond acceptors (Lipinski definition) is 7. The Hall–Kier alpha value is -2.54. The van der Waals surface area contributed by atoms with Crippen LogP contribution in [0.2, 0.25) is 0 Å². The third kappa shape index (κ3) is 8.07. The molecule has 2 aromatic carbocycles. The second kappa shape index (κ2) is 13.2. The lowest BCUT2D eigenvalue weighted by molar-refractivity contribution is 0.103. The standard InChI is InChI=1S/C24H33O8P/c1-5-6-7-8-9-10-15-31-33(26,27)32-19-13-11-18(12-14-19)24(25)23-21(29-3)16-20(28-2)17-22(23)30-4/h11-14,16-17H,5-10,15H2,1-4H3,(H,26,27).